The third-order valence-corrected chi connectivity index (χ3v) is 4.07. The van der Waals surface area contributed by atoms with Crippen LogP contribution in [0.5, 0.6) is 0 Å². The van der Waals surface area contributed by atoms with E-state index in [0.29, 0.717) is 12.2 Å². The largest absolute Gasteiger partial charge is 0.390 e. The number of fused-ring (bicyclic) bond motifs is 1. The van der Waals surface area contributed by atoms with Crippen molar-refractivity contribution in [2.75, 3.05) is 19.6 Å². The number of nitrogens with zero attached hydrogens (tertiary/aromatic N) is 2. The molecule has 1 aromatic carbocycles. The number of hydrogen-bond donors (Lipinski definition) is 2. The fourth-order valence-corrected chi connectivity index (χ4v) is 2.87. The normalized spacial score (nSPS) is 14.7. The second-order valence-electron chi connectivity index (χ2n) is 5.83. The minimum atomic E-state index is -0.590. The quantitative estimate of drug-likeness (QED) is 0.875. The standard InChI is InChI=1S/C18H21N3O2.C2H6/c22-16(11-20-18(23)17-7-3-4-9-19-17)13-21-10-8-14-5-1-2-6-15(14)12-21;1-2/h1-7,9,16,22H,8,10-13H2,(H,20,23);1-2H3. The summed E-state index contributed by atoms with van der Waals surface area (Å²) in [5.74, 6) is -0.256. The number of nitrogens with one attached hydrogen (secondary N) is 1. The SMILES string of the molecule is CC.O=C(NCC(O)CN1CCc2ccccc2C1)c1ccccn1. The van der Waals surface area contributed by atoms with Crippen molar-refractivity contribution in [3.63, 3.8) is 0 Å². The number of benzene rings is 1. The number of hydrogen-bond acceptors (Lipinski definition) is 4. The van der Waals surface area contributed by atoms with Crippen molar-refractivity contribution in [3.05, 3.63) is 65.5 Å². The van der Waals surface area contributed by atoms with Gasteiger partial charge in [-0.25, -0.2) is 0 Å². The summed E-state index contributed by atoms with van der Waals surface area (Å²) in [5, 5.41) is 12.9. The van der Waals surface area contributed by atoms with Gasteiger partial charge in [0.05, 0.1) is 6.10 Å². The fourth-order valence-electron chi connectivity index (χ4n) is 2.87. The molecule has 3 rings (SSSR count). The van der Waals surface area contributed by atoms with Crippen molar-refractivity contribution >= 4 is 5.91 Å². The van der Waals surface area contributed by atoms with Crippen LogP contribution in [0, 0.1) is 0 Å². The van der Waals surface area contributed by atoms with Crippen molar-refractivity contribution in [1.29, 1.82) is 0 Å². The van der Waals surface area contributed by atoms with Crippen LogP contribution >= 0.6 is 0 Å². The van der Waals surface area contributed by atoms with E-state index in [1.165, 1.54) is 11.1 Å². The van der Waals surface area contributed by atoms with Gasteiger partial charge < -0.3 is 10.4 Å². The Bertz CT molecular complexity index is 661. The van der Waals surface area contributed by atoms with Crippen molar-refractivity contribution in [2.24, 2.45) is 0 Å². The number of aromatic nitrogens is 1. The summed E-state index contributed by atoms with van der Waals surface area (Å²) < 4.78 is 0. The number of carbonyl (C=O) groups is 1. The predicted molar refractivity (Wildman–Crippen MR) is 99.3 cm³/mol. The Balaban J connectivity index is 0.00000109. The molecule has 5 nitrogen and oxygen atoms in total. The maximum absolute atomic E-state index is 11.9. The molecular formula is C20H27N3O2. The van der Waals surface area contributed by atoms with E-state index < -0.39 is 6.10 Å². The summed E-state index contributed by atoms with van der Waals surface area (Å²) >= 11 is 0. The lowest BCUT2D eigenvalue weighted by Gasteiger charge is -2.30. The van der Waals surface area contributed by atoms with Crippen molar-refractivity contribution in [1.82, 2.24) is 15.2 Å². The average Bonchev–Trinajstić information content (AvgIpc) is 2.68. The summed E-state index contributed by atoms with van der Waals surface area (Å²) in [6.07, 6.45) is 1.99. The molecule has 2 heterocycles. The molecule has 1 aliphatic rings. The van der Waals surface area contributed by atoms with Gasteiger partial charge in [0.15, 0.2) is 0 Å². The topological polar surface area (TPSA) is 65.5 Å². The van der Waals surface area contributed by atoms with Crippen LogP contribution in [-0.2, 0) is 13.0 Å². The highest BCUT2D eigenvalue weighted by molar-refractivity contribution is 5.92. The molecule has 0 saturated heterocycles. The van der Waals surface area contributed by atoms with Gasteiger partial charge in [0, 0.05) is 32.4 Å². The van der Waals surface area contributed by atoms with E-state index in [0.717, 1.165) is 19.5 Å². The lowest BCUT2D eigenvalue weighted by molar-refractivity contribution is 0.0838. The number of carbonyl (C=O) groups excluding carboxylic acids is 1. The van der Waals surface area contributed by atoms with Crippen LogP contribution in [0.3, 0.4) is 0 Å². The lowest BCUT2D eigenvalue weighted by atomic mass is 10.00. The van der Waals surface area contributed by atoms with Gasteiger partial charge in [-0.15, -0.1) is 0 Å². The molecule has 1 amide bonds. The zero-order chi connectivity index (χ0) is 18.1. The highest BCUT2D eigenvalue weighted by Crippen LogP contribution is 2.18. The summed E-state index contributed by atoms with van der Waals surface area (Å²) in [5.41, 5.74) is 3.08. The second kappa shape index (κ2) is 9.91. The first-order valence-electron chi connectivity index (χ1n) is 8.89. The third-order valence-electron chi connectivity index (χ3n) is 4.07. The summed E-state index contributed by atoms with van der Waals surface area (Å²) in [4.78, 5) is 18.1. The molecule has 5 heteroatoms. The minimum absolute atomic E-state index is 0.230. The van der Waals surface area contributed by atoms with E-state index in [2.05, 4.69) is 33.4 Å². The van der Waals surface area contributed by atoms with E-state index in [1.807, 2.05) is 19.9 Å². The summed E-state index contributed by atoms with van der Waals surface area (Å²) in [6.45, 7) is 6.56. The molecule has 0 fully saturated rings. The maximum Gasteiger partial charge on any atom is 0.269 e. The van der Waals surface area contributed by atoms with Gasteiger partial charge >= 0.3 is 0 Å². The molecule has 1 atom stereocenters. The van der Waals surface area contributed by atoms with Crippen molar-refractivity contribution < 1.29 is 9.90 Å². The van der Waals surface area contributed by atoms with Gasteiger partial charge in [0.25, 0.3) is 5.91 Å². The molecule has 2 aromatic rings. The zero-order valence-corrected chi connectivity index (χ0v) is 15.0. The Morgan fingerprint density at radius 1 is 1.20 bits per heavy atom. The Morgan fingerprint density at radius 3 is 2.64 bits per heavy atom. The second-order valence-corrected chi connectivity index (χ2v) is 5.83. The molecule has 1 aromatic heterocycles. The number of amides is 1. The number of β-amino-alcohol motifs (C(OH)–C–C–N with tert-alkyl or cyclic N) is 1. The smallest absolute Gasteiger partial charge is 0.269 e. The highest BCUT2D eigenvalue weighted by Gasteiger charge is 2.18. The number of aliphatic hydroxyl groups excluding tert-OH is 1. The minimum Gasteiger partial charge on any atom is -0.390 e. The van der Waals surface area contributed by atoms with E-state index in [1.54, 1.807) is 24.4 Å². The number of aliphatic hydroxyl groups is 1. The first-order valence-corrected chi connectivity index (χ1v) is 8.89. The van der Waals surface area contributed by atoms with E-state index in [-0.39, 0.29) is 12.5 Å². The fraction of sp³-hybridized carbons (Fsp3) is 0.400. The molecule has 0 saturated carbocycles. The van der Waals surface area contributed by atoms with Crippen LogP contribution in [0.4, 0.5) is 0 Å². The molecule has 0 radical (unpaired) electrons. The Hall–Kier alpha value is -2.24. The summed E-state index contributed by atoms with van der Waals surface area (Å²) in [6, 6.07) is 13.6. The Labute approximate surface area is 149 Å². The maximum atomic E-state index is 11.9. The van der Waals surface area contributed by atoms with Crippen LogP contribution in [-0.4, -0.2) is 46.6 Å². The van der Waals surface area contributed by atoms with Gasteiger partial charge in [0.2, 0.25) is 0 Å². The van der Waals surface area contributed by atoms with E-state index >= 15 is 0 Å². The van der Waals surface area contributed by atoms with Crippen LogP contribution < -0.4 is 5.32 Å². The molecule has 134 valence electrons. The Kier molecular flexibility index (Phi) is 7.57. The molecular weight excluding hydrogens is 314 g/mol. The van der Waals surface area contributed by atoms with Crippen LogP contribution in [0.15, 0.2) is 48.7 Å². The van der Waals surface area contributed by atoms with Gasteiger partial charge in [0.1, 0.15) is 5.69 Å². The number of pyridine rings is 1. The molecule has 0 bridgehead atoms. The average molecular weight is 341 g/mol. The van der Waals surface area contributed by atoms with Crippen molar-refractivity contribution in [3.8, 4) is 0 Å². The van der Waals surface area contributed by atoms with Gasteiger partial charge in [-0.1, -0.05) is 44.2 Å². The zero-order valence-electron chi connectivity index (χ0n) is 15.0. The molecule has 1 unspecified atom stereocenters. The van der Waals surface area contributed by atoms with Gasteiger partial charge in [-0.3, -0.25) is 14.7 Å². The molecule has 1 aliphatic heterocycles. The first-order chi connectivity index (χ1) is 12.2. The molecule has 25 heavy (non-hydrogen) atoms. The molecule has 0 aliphatic carbocycles. The summed E-state index contributed by atoms with van der Waals surface area (Å²) in [7, 11) is 0. The number of rotatable bonds is 5. The van der Waals surface area contributed by atoms with E-state index in [4.69, 9.17) is 0 Å². The van der Waals surface area contributed by atoms with Crippen LogP contribution in [0.2, 0.25) is 0 Å². The lowest BCUT2D eigenvalue weighted by Crippen LogP contribution is -2.42. The Morgan fingerprint density at radius 2 is 1.92 bits per heavy atom. The molecule has 2 N–H and O–H groups in total. The van der Waals surface area contributed by atoms with Gasteiger partial charge in [-0.05, 0) is 29.7 Å². The predicted octanol–water partition coefficient (Wildman–Crippen LogP) is 2.26. The van der Waals surface area contributed by atoms with Crippen molar-refractivity contribution in [2.45, 2.75) is 32.9 Å². The monoisotopic (exact) mass is 341 g/mol. The van der Waals surface area contributed by atoms with Gasteiger partial charge in [-0.2, -0.15) is 0 Å². The first kappa shape index (κ1) is 19.1. The molecule has 0 spiro atoms. The van der Waals surface area contributed by atoms with Crippen LogP contribution in [0.1, 0.15) is 35.5 Å². The highest BCUT2D eigenvalue weighted by atomic mass is 16.3. The third kappa shape index (κ3) is 5.66. The van der Waals surface area contributed by atoms with E-state index in [9.17, 15) is 9.90 Å². The van der Waals surface area contributed by atoms with Crippen LogP contribution in [0.25, 0.3) is 0 Å².